The van der Waals surface area contributed by atoms with Crippen molar-refractivity contribution in [3.8, 4) is 5.75 Å². The third kappa shape index (κ3) is 3.38. The lowest BCUT2D eigenvalue weighted by Gasteiger charge is -2.42. The highest BCUT2D eigenvalue weighted by molar-refractivity contribution is 5.95. The SMILES string of the molecule is COc1ccc(C(=O)N[C@H]([C@H]2CC=CCC2)N2CCC2=O)cc1. The van der Waals surface area contributed by atoms with E-state index >= 15 is 0 Å². The fraction of sp³-hybridized carbons (Fsp3) is 0.444. The fourth-order valence-corrected chi connectivity index (χ4v) is 3.14. The van der Waals surface area contributed by atoms with Gasteiger partial charge < -0.3 is 15.0 Å². The van der Waals surface area contributed by atoms with Crippen LogP contribution in [0, 0.1) is 5.92 Å². The van der Waals surface area contributed by atoms with Gasteiger partial charge in [0.15, 0.2) is 0 Å². The summed E-state index contributed by atoms with van der Waals surface area (Å²) in [6.45, 7) is 0.729. The van der Waals surface area contributed by atoms with Gasteiger partial charge in [-0.2, -0.15) is 0 Å². The van der Waals surface area contributed by atoms with Crippen molar-refractivity contribution >= 4 is 11.8 Å². The molecule has 5 nitrogen and oxygen atoms in total. The number of amides is 2. The second-order valence-electron chi connectivity index (χ2n) is 6.03. The van der Waals surface area contributed by atoms with Gasteiger partial charge in [-0.05, 0) is 43.5 Å². The number of rotatable bonds is 5. The molecule has 1 N–H and O–H groups in total. The van der Waals surface area contributed by atoms with Crippen molar-refractivity contribution < 1.29 is 14.3 Å². The molecule has 0 saturated carbocycles. The number of benzene rings is 1. The maximum absolute atomic E-state index is 12.5. The summed E-state index contributed by atoms with van der Waals surface area (Å²) in [5, 5.41) is 3.06. The van der Waals surface area contributed by atoms with Crippen LogP contribution in [0.2, 0.25) is 0 Å². The maximum Gasteiger partial charge on any atom is 0.252 e. The van der Waals surface area contributed by atoms with Crippen molar-refractivity contribution in [2.45, 2.75) is 31.8 Å². The molecule has 23 heavy (non-hydrogen) atoms. The number of nitrogens with zero attached hydrogens (tertiary/aromatic N) is 1. The van der Waals surface area contributed by atoms with Crippen LogP contribution >= 0.6 is 0 Å². The van der Waals surface area contributed by atoms with Gasteiger partial charge in [-0.15, -0.1) is 0 Å². The number of carbonyl (C=O) groups is 2. The van der Waals surface area contributed by atoms with Gasteiger partial charge in [-0.1, -0.05) is 12.2 Å². The second-order valence-corrected chi connectivity index (χ2v) is 6.03. The number of hydrogen-bond donors (Lipinski definition) is 1. The summed E-state index contributed by atoms with van der Waals surface area (Å²) in [6, 6.07) is 7.01. The van der Waals surface area contributed by atoms with Crippen LogP contribution in [-0.4, -0.2) is 36.5 Å². The molecule has 0 spiro atoms. The topological polar surface area (TPSA) is 58.6 Å². The number of hydrogen-bond acceptors (Lipinski definition) is 3. The Morgan fingerprint density at radius 2 is 2.09 bits per heavy atom. The molecule has 0 aromatic heterocycles. The zero-order valence-electron chi connectivity index (χ0n) is 13.3. The Labute approximate surface area is 136 Å². The molecule has 3 rings (SSSR count). The van der Waals surface area contributed by atoms with E-state index in [2.05, 4.69) is 17.5 Å². The average molecular weight is 314 g/mol. The first-order valence-electron chi connectivity index (χ1n) is 8.08. The summed E-state index contributed by atoms with van der Waals surface area (Å²) < 4.78 is 5.11. The molecule has 122 valence electrons. The average Bonchev–Trinajstić information content (AvgIpc) is 2.60. The van der Waals surface area contributed by atoms with E-state index in [0.29, 0.717) is 17.7 Å². The van der Waals surface area contributed by atoms with E-state index in [4.69, 9.17) is 4.74 Å². The highest BCUT2D eigenvalue weighted by Crippen LogP contribution is 2.27. The second kappa shape index (κ2) is 6.86. The number of carbonyl (C=O) groups excluding carboxylic acids is 2. The van der Waals surface area contributed by atoms with Crippen LogP contribution < -0.4 is 10.1 Å². The zero-order chi connectivity index (χ0) is 16.2. The third-order valence-electron chi connectivity index (χ3n) is 4.61. The molecule has 1 saturated heterocycles. The van der Waals surface area contributed by atoms with E-state index in [0.717, 1.165) is 25.8 Å². The number of β-lactam (4-membered cyclic amide) rings is 1. The van der Waals surface area contributed by atoms with Crippen LogP contribution in [0.1, 0.15) is 36.0 Å². The van der Waals surface area contributed by atoms with E-state index in [1.54, 1.807) is 36.3 Å². The highest BCUT2D eigenvalue weighted by atomic mass is 16.5. The van der Waals surface area contributed by atoms with Gasteiger partial charge in [0.25, 0.3) is 5.91 Å². The summed E-state index contributed by atoms with van der Waals surface area (Å²) in [4.78, 5) is 26.2. The van der Waals surface area contributed by atoms with Crippen LogP contribution in [0.25, 0.3) is 0 Å². The van der Waals surface area contributed by atoms with Crippen LogP contribution in [-0.2, 0) is 4.79 Å². The van der Waals surface area contributed by atoms with Crippen LogP contribution in [0.5, 0.6) is 5.75 Å². The largest absolute Gasteiger partial charge is 0.497 e. The van der Waals surface area contributed by atoms with Crippen molar-refractivity contribution in [3.63, 3.8) is 0 Å². The molecule has 1 fully saturated rings. The highest BCUT2D eigenvalue weighted by Gasteiger charge is 2.36. The molecular weight excluding hydrogens is 292 g/mol. The lowest BCUT2D eigenvalue weighted by molar-refractivity contribution is -0.145. The molecule has 0 unspecified atom stereocenters. The number of likely N-dealkylation sites (tertiary alicyclic amines) is 1. The first kappa shape index (κ1) is 15.6. The van der Waals surface area contributed by atoms with Gasteiger partial charge in [-0.25, -0.2) is 0 Å². The molecule has 2 aliphatic rings. The molecule has 1 heterocycles. The normalized spacial score (nSPS) is 21.5. The Morgan fingerprint density at radius 3 is 2.61 bits per heavy atom. The summed E-state index contributed by atoms with van der Waals surface area (Å²) in [6.07, 6.45) is 7.57. The minimum Gasteiger partial charge on any atom is -0.497 e. The number of nitrogens with one attached hydrogen (secondary N) is 1. The Morgan fingerprint density at radius 1 is 1.30 bits per heavy atom. The Balaban J connectivity index is 1.72. The van der Waals surface area contributed by atoms with Gasteiger partial charge in [0.05, 0.1) is 7.11 Å². The van der Waals surface area contributed by atoms with E-state index in [1.807, 2.05) is 0 Å². The van der Waals surface area contributed by atoms with Crippen molar-refractivity contribution in [3.05, 3.63) is 42.0 Å². The molecule has 2 amide bonds. The third-order valence-corrected chi connectivity index (χ3v) is 4.61. The maximum atomic E-state index is 12.5. The molecule has 0 radical (unpaired) electrons. The zero-order valence-corrected chi connectivity index (χ0v) is 13.3. The van der Waals surface area contributed by atoms with Gasteiger partial charge in [0.2, 0.25) is 5.91 Å². The van der Waals surface area contributed by atoms with Gasteiger partial charge in [-0.3, -0.25) is 9.59 Å². The quantitative estimate of drug-likeness (QED) is 0.670. The van der Waals surface area contributed by atoms with Crippen molar-refractivity contribution in [2.24, 2.45) is 5.92 Å². The van der Waals surface area contributed by atoms with E-state index in [-0.39, 0.29) is 23.9 Å². The first-order valence-corrected chi connectivity index (χ1v) is 8.08. The Hall–Kier alpha value is -2.30. The standard InChI is InChI=1S/C18H22N2O3/c1-23-15-9-7-14(8-10-15)18(22)19-17(20-12-11-16(20)21)13-5-3-2-4-6-13/h2-3,7-10,13,17H,4-6,11-12H2,1H3,(H,19,22)/t13-,17-/m0/s1. The molecule has 5 heteroatoms. The number of methoxy groups -OCH3 is 1. The lowest BCUT2D eigenvalue weighted by atomic mass is 9.89. The molecule has 2 atom stereocenters. The summed E-state index contributed by atoms with van der Waals surface area (Å²) >= 11 is 0. The minimum atomic E-state index is -0.212. The summed E-state index contributed by atoms with van der Waals surface area (Å²) in [5.74, 6) is 0.978. The molecule has 1 aromatic rings. The first-order chi connectivity index (χ1) is 11.2. The van der Waals surface area contributed by atoms with Crippen molar-refractivity contribution in [2.75, 3.05) is 13.7 Å². The predicted octanol–water partition coefficient (Wildman–Crippen LogP) is 2.34. The minimum absolute atomic E-state index is 0.125. The summed E-state index contributed by atoms with van der Waals surface area (Å²) in [5.41, 5.74) is 0.579. The predicted molar refractivity (Wildman–Crippen MR) is 87.1 cm³/mol. The van der Waals surface area contributed by atoms with Gasteiger partial charge in [0.1, 0.15) is 11.9 Å². The van der Waals surface area contributed by atoms with Crippen molar-refractivity contribution in [1.82, 2.24) is 10.2 Å². The summed E-state index contributed by atoms with van der Waals surface area (Å²) in [7, 11) is 1.59. The molecule has 1 aromatic carbocycles. The van der Waals surface area contributed by atoms with E-state index in [9.17, 15) is 9.59 Å². The number of allylic oxidation sites excluding steroid dienone is 2. The van der Waals surface area contributed by atoms with Gasteiger partial charge in [0, 0.05) is 24.4 Å². The van der Waals surface area contributed by atoms with E-state index < -0.39 is 0 Å². The lowest BCUT2D eigenvalue weighted by Crippen LogP contribution is -2.60. The Kier molecular flexibility index (Phi) is 4.65. The van der Waals surface area contributed by atoms with Crippen LogP contribution in [0.4, 0.5) is 0 Å². The smallest absolute Gasteiger partial charge is 0.252 e. The monoisotopic (exact) mass is 314 g/mol. The molecule has 1 aliphatic carbocycles. The van der Waals surface area contributed by atoms with Crippen molar-refractivity contribution in [1.29, 1.82) is 0 Å². The van der Waals surface area contributed by atoms with Gasteiger partial charge >= 0.3 is 0 Å². The van der Waals surface area contributed by atoms with Crippen LogP contribution in [0.15, 0.2) is 36.4 Å². The molecule has 1 aliphatic heterocycles. The molecular formula is C18H22N2O3. The number of ether oxygens (including phenoxy) is 1. The molecule has 0 bridgehead atoms. The fourth-order valence-electron chi connectivity index (χ4n) is 3.14. The Bertz CT molecular complexity index is 609. The van der Waals surface area contributed by atoms with E-state index in [1.165, 1.54) is 0 Å². The van der Waals surface area contributed by atoms with Crippen LogP contribution in [0.3, 0.4) is 0 Å².